The van der Waals surface area contributed by atoms with Gasteiger partial charge in [0, 0.05) is 23.0 Å². The maximum absolute atomic E-state index is 13.8. The highest BCUT2D eigenvalue weighted by molar-refractivity contribution is 6.00. The van der Waals surface area contributed by atoms with Gasteiger partial charge >= 0.3 is 23.9 Å². The Labute approximate surface area is 292 Å². The Kier molecular flexibility index (Phi) is 5.69. The van der Waals surface area contributed by atoms with Gasteiger partial charge in [-0.25, -0.2) is 19.2 Å². The van der Waals surface area contributed by atoms with Gasteiger partial charge in [0.1, 0.15) is 0 Å². The first kappa shape index (κ1) is 32.0. The van der Waals surface area contributed by atoms with Crippen molar-refractivity contribution in [1.82, 2.24) is 0 Å². The number of aliphatic hydroxyl groups is 2. The maximum atomic E-state index is 13.8. The SMILES string of the molecule is CC1(C)CCC[C@]2(C)[C@@H]1CC[C@]13OC(=O)[C@](O)([C@H]4/C(=C/C=C5\C(=O)O[C@@H]6[C@H]5[C@@]5(O)C(=O)O[C@@]67CC[C@@H]6C(C)(C)CCC[C@@]6(C)[C@@H]75)C(=O)O[C@H]41)[C@@H]23. The number of hydrogen-bond donors (Lipinski definition) is 2. The second kappa shape index (κ2) is 8.90. The molecule has 0 aromatic heterocycles. The van der Waals surface area contributed by atoms with Gasteiger partial charge in [-0.3, -0.25) is 0 Å². The number of allylic oxidation sites excluding steroid dienone is 2. The second-order valence-corrected chi connectivity index (χ2v) is 19.9. The van der Waals surface area contributed by atoms with Gasteiger partial charge in [0.25, 0.3) is 0 Å². The van der Waals surface area contributed by atoms with E-state index >= 15 is 0 Å². The molecule has 10 fully saturated rings. The molecule has 10 aliphatic rings. The Morgan fingerprint density at radius 3 is 1.34 bits per heavy atom. The molecule has 6 saturated carbocycles. The Balaban J connectivity index is 1.06. The van der Waals surface area contributed by atoms with Crippen LogP contribution in [0.5, 0.6) is 0 Å². The molecule has 4 aliphatic heterocycles. The smallest absolute Gasteiger partial charge is 0.340 e. The fourth-order valence-corrected chi connectivity index (χ4v) is 16.0. The molecule has 10 rings (SSSR count). The van der Waals surface area contributed by atoms with Gasteiger partial charge in [0.15, 0.2) is 34.6 Å². The van der Waals surface area contributed by atoms with Crippen molar-refractivity contribution >= 4 is 23.9 Å². The molecule has 14 atom stereocenters. The third kappa shape index (κ3) is 3.14. The summed E-state index contributed by atoms with van der Waals surface area (Å²) in [5, 5.41) is 25.3. The molecule has 4 saturated heterocycles. The van der Waals surface area contributed by atoms with Crippen LogP contribution in [0.1, 0.15) is 106 Å². The van der Waals surface area contributed by atoms with E-state index in [2.05, 4.69) is 41.5 Å². The predicted octanol–water partition coefficient (Wildman–Crippen LogP) is 4.49. The zero-order valence-corrected chi connectivity index (χ0v) is 30.0. The lowest BCUT2D eigenvalue weighted by atomic mass is 9.45. The van der Waals surface area contributed by atoms with Crippen LogP contribution in [-0.2, 0) is 38.1 Å². The molecule has 50 heavy (non-hydrogen) atoms. The summed E-state index contributed by atoms with van der Waals surface area (Å²) in [5.41, 5.74) is -6.75. The van der Waals surface area contributed by atoms with E-state index < -0.39 is 93.0 Å². The average Bonchev–Trinajstić information content (AvgIpc) is 3.76. The third-order valence-electron chi connectivity index (χ3n) is 17.2. The Bertz CT molecular complexity index is 1630. The van der Waals surface area contributed by atoms with Crippen LogP contribution in [0, 0.1) is 57.2 Å². The zero-order chi connectivity index (χ0) is 35.4. The molecule has 0 spiro atoms. The zero-order valence-electron chi connectivity index (χ0n) is 30.0. The fraction of sp³-hybridized carbons (Fsp3) is 0.800. The first-order valence-corrected chi connectivity index (χ1v) is 19.1. The quantitative estimate of drug-likeness (QED) is 0.229. The minimum absolute atomic E-state index is 0.0213. The van der Waals surface area contributed by atoms with Gasteiger partial charge in [-0.2, -0.15) is 0 Å². The van der Waals surface area contributed by atoms with E-state index in [0.29, 0.717) is 12.8 Å². The summed E-state index contributed by atoms with van der Waals surface area (Å²) in [4.78, 5) is 55.0. The summed E-state index contributed by atoms with van der Waals surface area (Å²) in [5.74, 6) is -5.27. The van der Waals surface area contributed by atoms with Crippen LogP contribution in [0.2, 0.25) is 0 Å². The normalized spacial score (nSPS) is 57.3. The number of fused-ring (bicyclic) bond motifs is 6. The van der Waals surface area contributed by atoms with E-state index in [1.807, 2.05) is 0 Å². The van der Waals surface area contributed by atoms with E-state index in [4.69, 9.17) is 18.9 Å². The van der Waals surface area contributed by atoms with Crippen LogP contribution < -0.4 is 0 Å². The van der Waals surface area contributed by atoms with Crippen molar-refractivity contribution in [2.45, 2.75) is 140 Å². The largest absolute Gasteiger partial charge is 0.454 e. The Morgan fingerprint density at radius 1 is 0.580 bits per heavy atom. The first-order valence-electron chi connectivity index (χ1n) is 19.1. The molecule has 10 heteroatoms. The third-order valence-corrected chi connectivity index (χ3v) is 17.2. The molecule has 4 bridgehead atoms. The van der Waals surface area contributed by atoms with Crippen molar-refractivity contribution in [1.29, 1.82) is 0 Å². The fourth-order valence-electron chi connectivity index (χ4n) is 16.0. The minimum Gasteiger partial charge on any atom is -0.454 e. The van der Waals surface area contributed by atoms with Gasteiger partial charge in [-0.15, -0.1) is 0 Å². The molecule has 4 heterocycles. The lowest BCUT2D eigenvalue weighted by Crippen LogP contribution is -2.61. The van der Waals surface area contributed by atoms with Gasteiger partial charge < -0.3 is 29.2 Å². The highest BCUT2D eigenvalue weighted by Crippen LogP contribution is 2.76. The van der Waals surface area contributed by atoms with E-state index in [1.165, 1.54) is 12.2 Å². The van der Waals surface area contributed by atoms with Crippen molar-refractivity contribution in [3.63, 3.8) is 0 Å². The van der Waals surface area contributed by atoms with E-state index in [1.54, 1.807) is 0 Å². The van der Waals surface area contributed by atoms with Crippen LogP contribution in [0.4, 0.5) is 0 Å². The van der Waals surface area contributed by atoms with Crippen LogP contribution in [0.15, 0.2) is 23.3 Å². The number of hydrogen-bond acceptors (Lipinski definition) is 10. The average molecular weight is 691 g/mol. The molecule has 0 aromatic rings. The maximum Gasteiger partial charge on any atom is 0.340 e. The molecule has 0 aromatic carbocycles. The molecule has 2 N–H and O–H groups in total. The van der Waals surface area contributed by atoms with Crippen LogP contribution in [-0.4, -0.2) is 68.7 Å². The molecule has 6 aliphatic carbocycles. The van der Waals surface area contributed by atoms with Gasteiger partial charge in [0.05, 0.1) is 11.8 Å². The number of carbonyl (C=O) groups excluding carboxylic acids is 4. The molecule has 0 unspecified atom stereocenters. The summed E-state index contributed by atoms with van der Waals surface area (Å²) >= 11 is 0. The second-order valence-electron chi connectivity index (χ2n) is 19.9. The van der Waals surface area contributed by atoms with Crippen LogP contribution in [0.25, 0.3) is 0 Å². The van der Waals surface area contributed by atoms with Crippen LogP contribution in [0.3, 0.4) is 0 Å². The first-order chi connectivity index (χ1) is 23.3. The van der Waals surface area contributed by atoms with Gasteiger partial charge in [-0.05, 0) is 84.9 Å². The summed E-state index contributed by atoms with van der Waals surface area (Å²) < 4.78 is 24.3. The van der Waals surface area contributed by atoms with Crippen molar-refractivity contribution in [2.24, 2.45) is 57.2 Å². The Morgan fingerprint density at radius 2 is 0.960 bits per heavy atom. The van der Waals surface area contributed by atoms with Gasteiger partial charge in [0.2, 0.25) is 0 Å². The number of esters is 4. The molecule has 0 amide bonds. The van der Waals surface area contributed by atoms with Crippen molar-refractivity contribution in [3.8, 4) is 0 Å². The van der Waals surface area contributed by atoms with E-state index in [-0.39, 0.29) is 33.8 Å². The predicted molar refractivity (Wildman–Crippen MR) is 174 cm³/mol. The lowest BCUT2D eigenvalue weighted by Gasteiger charge is -2.60. The summed E-state index contributed by atoms with van der Waals surface area (Å²) in [6, 6.07) is 0. The minimum atomic E-state index is -1.97. The summed E-state index contributed by atoms with van der Waals surface area (Å²) in [6.07, 6.45) is 9.63. The summed E-state index contributed by atoms with van der Waals surface area (Å²) in [6.45, 7) is 13.4. The number of rotatable bonds is 1. The van der Waals surface area contributed by atoms with Crippen molar-refractivity contribution in [2.75, 3.05) is 0 Å². The van der Waals surface area contributed by atoms with E-state index in [9.17, 15) is 29.4 Å². The topological polar surface area (TPSA) is 146 Å². The molecule has 0 radical (unpaired) electrons. The van der Waals surface area contributed by atoms with Crippen molar-refractivity contribution < 1.29 is 48.3 Å². The Hall–Kier alpha value is -2.72. The van der Waals surface area contributed by atoms with E-state index in [0.717, 1.165) is 51.4 Å². The summed E-state index contributed by atoms with van der Waals surface area (Å²) in [7, 11) is 0. The highest BCUT2D eigenvalue weighted by Gasteiger charge is 2.89. The number of ether oxygens (including phenoxy) is 4. The van der Waals surface area contributed by atoms with Crippen molar-refractivity contribution in [3.05, 3.63) is 23.3 Å². The lowest BCUT2D eigenvalue weighted by molar-refractivity contribution is -0.200. The monoisotopic (exact) mass is 690 g/mol. The molecular formula is C40H50O10. The highest BCUT2D eigenvalue weighted by atomic mass is 16.6. The molecule has 10 nitrogen and oxygen atoms in total. The standard InChI is InChI=1S/C40H50O10/c1-33(2)13-7-15-35(5)21(33)11-17-37-25-23(39(45,29(35)37)31(43)49-37)19(27(41)47-25)9-10-20-24-26(48-28(20)42)38-18-12-22-34(3,4)14-8-16-36(22,6)30(38)40(24,46)32(44)50-38/h9-10,21-26,29-30,45-46H,7-8,11-18H2,1-6H3/b19-9-,20-10-/t21-,22-,23+,24+,25-,26-,29+,30+,35-,36-,37+,38+,39+,40+/m1/s1. The van der Waals surface area contributed by atoms with Crippen LogP contribution >= 0.6 is 0 Å². The van der Waals surface area contributed by atoms with Gasteiger partial charge in [-0.1, -0.05) is 66.5 Å². The molecule has 270 valence electrons. The molecular weight excluding hydrogens is 640 g/mol. The number of carbonyl (C=O) groups is 4.